The lowest BCUT2D eigenvalue weighted by Crippen LogP contribution is -2.74. The van der Waals surface area contributed by atoms with Gasteiger partial charge in [0, 0.05) is 55.2 Å². The van der Waals surface area contributed by atoms with Crippen LogP contribution in [0.5, 0.6) is 11.5 Å². The van der Waals surface area contributed by atoms with Crippen molar-refractivity contribution in [3.63, 3.8) is 0 Å². The Morgan fingerprint density at radius 1 is 0.949 bits per heavy atom. The first kappa shape index (κ1) is 41.2. The first-order chi connectivity index (χ1) is 28.1. The number of ether oxygens (including phenoxy) is 2. The highest BCUT2D eigenvalue weighted by Crippen LogP contribution is 2.55. The van der Waals surface area contributed by atoms with Crippen molar-refractivity contribution in [1.82, 2.24) is 25.4 Å². The molecule has 0 bridgehead atoms. The van der Waals surface area contributed by atoms with E-state index in [4.69, 9.17) is 21.1 Å². The number of imide groups is 2. The monoisotopic (exact) mass is 823 g/mol. The Morgan fingerprint density at radius 2 is 1.69 bits per heavy atom. The van der Waals surface area contributed by atoms with E-state index in [1.807, 2.05) is 43.6 Å². The van der Waals surface area contributed by atoms with Crippen LogP contribution in [0.25, 0.3) is 0 Å². The SMILES string of the molecule is CC1(C)C(NC(=O)c2ccc(N3CCN(CCCCCOc4ccc5c(c4)C(=O)N(C4CCC(=O)NC4=O)C5=O)C(=O)C3)nc2)C(C)(C)C1Oc1ccc(C#N)c(Cl)c1. The van der Waals surface area contributed by atoms with Crippen molar-refractivity contribution in [2.24, 2.45) is 10.8 Å². The van der Waals surface area contributed by atoms with Gasteiger partial charge in [0.05, 0.1) is 40.4 Å². The van der Waals surface area contributed by atoms with Crippen molar-refractivity contribution < 1.29 is 38.2 Å². The largest absolute Gasteiger partial charge is 0.494 e. The van der Waals surface area contributed by atoms with Crippen LogP contribution in [0.4, 0.5) is 5.82 Å². The summed E-state index contributed by atoms with van der Waals surface area (Å²) in [6, 6.07) is 13.9. The number of halogens is 1. The molecule has 1 aromatic heterocycles. The zero-order valence-corrected chi connectivity index (χ0v) is 34.1. The number of carbonyl (C=O) groups excluding carboxylic acids is 6. The second-order valence-corrected chi connectivity index (χ2v) is 17.0. The van der Waals surface area contributed by atoms with E-state index in [0.717, 1.165) is 17.7 Å². The number of aromatic nitrogens is 1. The molecule has 3 aromatic rings. The molecule has 2 aromatic carbocycles. The number of piperidine rings is 1. The molecule has 4 heterocycles. The molecule has 15 nitrogen and oxygen atoms in total. The van der Waals surface area contributed by atoms with Crippen LogP contribution < -0.4 is 25.0 Å². The molecule has 4 aliphatic rings. The molecule has 59 heavy (non-hydrogen) atoms. The van der Waals surface area contributed by atoms with E-state index >= 15 is 0 Å². The Kier molecular flexibility index (Phi) is 11.4. The van der Waals surface area contributed by atoms with E-state index in [2.05, 4.69) is 15.6 Å². The number of pyridine rings is 1. The van der Waals surface area contributed by atoms with Gasteiger partial charge in [-0.15, -0.1) is 0 Å². The van der Waals surface area contributed by atoms with Crippen molar-refractivity contribution in [3.8, 4) is 17.6 Å². The summed E-state index contributed by atoms with van der Waals surface area (Å²) in [5.41, 5.74) is 0.316. The van der Waals surface area contributed by atoms with Gasteiger partial charge >= 0.3 is 0 Å². The molecule has 0 radical (unpaired) electrons. The molecule has 1 atom stereocenters. The molecule has 0 spiro atoms. The number of nitrogens with one attached hydrogen (secondary N) is 2. The molecule has 16 heteroatoms. The fourth-order valence-electron chi connectivity index (χ4n) is 8.97. The molecule has 2 saturated heterocycles. The summed E-state index contributed by atoms with van der Waals surface area (Å²) >= 11 is 6.22. The molecule has 1 saturated carbocycles. The minimum Gasteiger partial charge on any atom is -0.494 e. The lowest BCUT2D eigenvalue weighted by molar-refractivity contribution is -0.164. The topological polar surface area (TPSA) is 191 Å². The van der Waals surface area contributed by atoms with Gasteiger partial charge in [0.15, 0.2) is 0 Å². The smallest absolute Gasteiger partial charge is 0.262 e. The second-order valence-electron chi connectivity index (χ2n) is 16.6. The number of carbonyl (C=O) groups is 6. The maximum absolute atomic E-state index is 13.4. The van der Waals surface area contributed by atoms with Crippen molar-refractivity contribution >= 4 is 52.9 Å². The van der Waals surface area contributed by atoms with Crippen molar-refractivity contribution in [3.05, 3.63) is 82.0 Å². The lowest BCUT2D eigenvalue weighted by Gasteiger charge is -2.63. The highest BCUT2D eigenvalue weighted by Gasteiger charge is 2.64. The van der Waals surface area contributed by atoms with Gasteiger partial charge in [0.2, 0.25) is 17.7 Å². The highest BCUT2D eigenvalue weighted by atomic mass is 35.5. The maximum Gasteiger partial charge on any atom is 0.262 e. The number of hydrogen-bond acceptors (Lipinski definition) is 11. The third-order valence-corrected chi connectivity index (χ3v) is 12.1. The van der Waals surface area contributed by atoms with E-state index in [0.29, 0.717) is 66.1 Å². The Labute approximate surface area is 347 Å². The summed E-state index contributed by atoms with van der Waals surface area (Å²) in [7, 11) is 0. The number of anilines is 1. The zero-order chi connectivity index (χ0) is 42.2. The van der Waals surface area contributed by atoms with E-state index < -0.39 is 40.5 Å². The number of piperazine rings is 1. The summed E-state index contributed by atoms with van der Waals surface area (Å²) < 4.78 is 12.2. The average Bonchev–Trinajstić information content (AvgIpc) is 3.45. The fraction of sp³-hybridized carbons (Fsp3) is 0.442. The van der Waals surface area contributed by atoms with E-state index in [9.17, 15) is 34.0 Å². The standard InChI is InChI=1S/C43H46ClN7O8/c1-42(2)40(43(3,4)41(42)59-28-10-8-25(22-45)31(44)21-28)48-36(54)26-9-14-33(46-23-26)50-18-17-49(35(53)24-50)16-6-5-7-19-58-27-11-12-29-30(20-27)39(57)51(38(29)56)32-13-15-34(52)47-37(32)55/h8-12,14,20-21,23,32,40-41H,5-7,13,15-19,24H2,1-4H3,(H,48,54)(H,47,52,55). The van der Waals surface area contributed by atoms with Gasteiger partial charge in [-0.25, -0.2) is 4.98 Å². The molecule has 308 valence electrons. The van der Waals surface area contributed by atoms with Crippen LogP contribution >= 0.6 is 11.6 Å². The lowest BCUT2D eigenvalue weighted by atomic mass is 9.49. The molecule has 2 N–H and O–H groups in total. The van der Waals surface area contributed by atoms with Crippen LogP contribution in [-0.2, 0) is 14.4 Å². The molecule has 1 unspecified atom stereocenters. The Hall–Kier alpha value is -6.01. The zero-order valence-electron chi connectivity index (χ0n) is 33.4. The predicted molar refractivity (Wildman–Crippen MR) is 215 cm³/mol. The first-order valence-electron chi connectivity index (χ1n) is 19.7. The molecule has 3 fully saturated rings. The van der Waals surface area contributed by atoms with Gasteiger partial charge in [-0.2, -0.15) is 5.26 Å². The number of unbranched alkanes of at least 4 members (excludes halogenated alkanes) is 2. The fourth-order valence-corrected chi connectivity index (χ4v) is 9.18. The van der Waals surface area contributed by atoms with Gasteiger partial charge in [0.1, 0.15) is 35.5 Å². The van der Waals surface area contributed by atoms with Gasteiger partial charge in [-0.1, -0.05) is 39.3 Å². The second kappa shape index (κ2) is 16.3. The molecule has 3 aliphatic heterocycles. The van der Waals surface area contributed by atoms with Crippen LogP contribution in [0.2, 0.25) is 5.02 Å². The van der Waals surface area contributed by atoms with Crippen molar-refractivity contribution in [1.29, 1.82) is 5.26 Å². The van der Waals surface area contributed by atoms with Crippen LogP contribution in [-0.4, -0.2) is 101 Å². The summed E-state index contributed by atoms with van der Waals surface area (Å²) in [4.78, 5) is 85.5. The van der Waals surface area contributed by atoms with Gasteiger partial charge in [-0.3, -0.25) is 39.0 Å². The summed E-state index contributed by atoms with van der Waals surface area (Å²) in [5, 5.41) is 14.9. The third-order valence-electron chi connectivity index (χ3n) is 11.8. The van der Waals surface area contributed by atoms with E-state index in [-0.39, 0.29) is 54.5 Å². The highest BCUT2D eigenvalue weighted by molar-refractivity contribution is 6.31. The van der Waals surface area contributed by atoms with E-state index in [1.165, 1.54) is 18.3 Å². The minimum absolute atomic E-state index is 0.00526. The van der Waals surface area contributed by atoms with Crippen LogP contribution in [0, 0.1) is 22.2 Å². The number of benzene rings is 2. The molecule has 6 amide bonds. The molecule has 1 aliphatic carbocycles. The number of rotatable bonds is 13. The van der Waals surface area contributed by atoms with Crippen LogP contribution in [0.1, 0.15) is 96.4 Å². The summed E-state index contributed by atoms with van der Waals surface area (Å²) in [5.74, 6) is -0.881. The summed E-state index contributed by atoms with van der Waals surface area (Å²) in [6.45, 7) is 10.5. The Bertz CT molecular complexity index is 2240. The minimum atomic E-state index is -1.03. The molecular weight excluding hydrogens is 778 g/mol. The predicted octanol–water partition coefficient (Wildman–Crippen LogP) is 4.52. The van der Waals surface area contributed by atoms with Crippen LogP contribution in [0.3, 0.4) is 0 Å². The van der Waals surface area contributed by atoms with Crippen LogP contribution in [0.15, 0.2) is 54.7 Å². The normalized spacial score (nSPS) is 22.0. The summed E-state index contributed by atoms with van der Waals surface area (Å²) in [6.07, 6.45) is 3.74. The number of amides is 6. The van der Waals surface area contributed by atoms with Gasteiger partial charge < -0.3 is 24.6 Å². The molecule has 7 rings (SSSR count). The third kappa shape index (κ3) is 8.06. The van der Waals surface area contributed by atoms with Gasteiger partial charge in [0.25, 0.3) is 17.7 Å². The van der Waals surface area contributed by atoms with Crippen molar-refractivity contribution in [2.75, 3.05) is 37.7 Å². The Balaban J connectivity index is 0.825. The number of hydrogen-bond donors (Lipinski definition) is 2. The van der Waals surface area contributed by atoms with Gasteiger partial charge in [-0.05, 0) is 68.1 Å². The number of fused-ring (bicyclic) bond motifs is 1. The number of nitriles is 1. The Morgan fingerprint density at radius 3 is 2.37 bits per heavy atom. The maximum atomic E-state index is 13.4. The molecular formula is C43H46ClN7O8. The first-order valence-corrected chi connectivity index (χ1v) is 20.1. The van der Waals surface area contributed by atoms with Crippen molar-refractivity contribution in [2.45, 2.75) is 78.0 Å². The average molecular weight is 824 g/mol. The number of nitrogens with zero attached hydrogens (tertiary/aromatic N) is 5. The van der Waals surface area contributed by atoms with E-state index in [1.54, 1.807) is 36.4 Å². The quantitative estimate of drug-likeness (QED) is 0.182.